The number of nitrogens with zero attached hydrogens (tertiary/aromatic N) is 3. The number of benzene rings is 1. The van der Waals surface area contributed by atoms with Crippen LogP contribution in [0.25, 0.3) is 5.52 Å². The van der Waals surface area contributed by atoms with Crippen molar-refractivity contribution in [3.8, 4) is 5.75 Å². The number of piperazine rings is 1. The van der Waals surface area contributed by atoms with Crippen LogP contribution in [0.15, 0.2) is 48.8 Å². The number of pyridine rings is 1. The molecule has 0 saturated carbocycles. The maximum absolute atomic E-state index is 9.38. The minimum atomic E-state index is 0.294. The van der Waals surface area contributed by atoms with E-state index in [0.29, 0.717) is 5.75 Å². The Morgan fingerprint density at radius 3 is 2.65 bits per heavy atom. The molecule has 2 aromatic heterocycles. The first-order valence-electron chi connectivity index (χ1n) is 7.99. The number of aromatic hydroxyl groups is 1. The first-order valence-corrected chi connectivity index (χ1v) is 7.99. The van der Waals surface area contributed by atoms with Crippen molar-refractivity contribution in [3.05, 3.63) is 60.2 Å². The minimum absolute atomic E-state index is 0.294. The molecular weight excluding hydrogens is 288 g/mol. The van der Waals surface area contributed by atoms with Crippen LogP contribution in [0.4, 0.5) is 5.69 Å². The van der Waals surface area contributed by atoms with Crippen molar-refractivity contribution >= 4 is 11.2 Å². The molecule has 0 unspecified atom stereocenters. The molecule has 1 aromatic carbocycles. The molecule has 1 aliphatic rings. The van der Waals surface area contributed by atoms with Crippen LogP contribution in [-0.4, -0.2) is 40.7 Å². The molecule has 1 saturated heterocycles. The van der Waals surface area contributed by atoms with Crippen LogP contribution in [0.3, 0.4) is 0 Å². The molecule has 0 aliphatic carbocycles. The van der Waals surface area contributed by atoms with E-state index in [9.17, 15) is 5.11 Å². The molecule has 1 aliphatic heterocycles. The van der Waals surface area contributed by atoms with Crippen LogP contribution in [0.2, 0.25) is 0 Å². The zero-order chi connectivity index (χ0) is 15.6. The molecular formula is C18H20N4O. The van der Waals surface area contributed by atoms with Gasteiger partial charge in [-0.05, 0) is 29.8 Å². The Labute approximate surface area is 135 Å². The summed E-state index contributed by atoms with van der Waals surface area (Å²) >= 11 is 0. The Morgan fingerprint density at radius 2 is 1.87 bits per heavy atom. The molecule has 118 valence electrons. The molecule has 0 bridgehead atoms. The second kappa shape index (κ2) is 5.93. The molecule has 0 atom stereocenters. The van der Waals surface area contributed by atoms with Crippen molar-refractivity contribution in [1.29, 1.82) is 0 Å². The summed E-state index contributed by atoms with van der Waals surface area (Å²) in [7, 11) is 0. The Hall–Kier alpha value is -2.53. The van der Waals surface area contributed by atoms with Gasteiger partial charge < -0.3 is 19.7 Å². The highest BCUT2D eigenvalue weighted by atomic mass is 16.3. The van der Waals surface area contributed by atoms with Gasteiger partial charge in [0.05, 0.1) is 11.7 Å². The van der Waals surface area contributed by atoms with E-state index in [1.807, 2.05) is 18.3 Å². The molecule has 0 amide bonds. The van der Waals surface area contributed by atoms with E-state index in [1.165, 1.54) is 5.69 Å². The van der Waals surface area contributed by atoms with E-state index in [4.69, 9.17) is 0 Å². The first-order chi connectivity index (χ1) is 11.3. The van der Waals surface area contributed by atoms with Crippen LogP contribution in [0.1, 0.15) is 11.4 Å². The SMILES string of the molecule is Oc1ccc(Cc2ncc3cc(N4CCNCC4)ccn23)cc1. The van der Waals surface area contributed by atoms with Crippen molar-refractivity contribution in [3.63, 3.8) is 0 Å². The maximum atomic E-state index is 9.38. The highest BCUT2D eigenvalue weighted by Gasteiger charge is 2.12. The Kier molecular flexibility index (Phi) is 3.63. The molecule has 4 rings (SSSR count). The monoisotopic (exact) mass is 308 g/mol. The number of phenolic OH excluding ortho intramolecular Hbond substituents is 1. The molecule has 2 N–H and O–H groups in total. The van der Waals surface area contributed by atoms with Crippen LogP contribution in [-0.2, 0) is 6.42 Å². The number of anilines is 1. The van der Waals surface area contributed by atoms with Gasteiger partial charge in [0.25, 0.3) is 0 Å². The summed E-state index contributed by atoms with van der Waals surface area (Å²) in [6.45, 7) is 4.17. The summed E-state index contributed by atoms with van der Waals surface area (Å²) in [5.41, 5.74) is 3.52. The topological polar surface area (TPSA) is 52.8 Å². The number of fused-ring (bicyclic) bond motifs is 1. The van der Waals surface area contributed by atoms with E-state index in [0.717, 1.165) is 49.5 Å². The highest BCUT2D eigenvalue weighted by Crippen LogP contribution is 2.20. The summed E-state index contributed by atoms with van der Waals surface area (Å²) in [4.78, 5) is 6.97. The van der Waals surface area contributed by atoms with E-state index in [1.54, 1.807) is 12.1 Å². The van der Waals surface area contributed by atoms with Gasteiger partial charge in [0.1, 0.15) is 11.6 Å². The van der Waals surface area contributed by atoms with E-state index in [-0.39, 0.29) is 0 Å². The fourth-order valence-electron chi connectivity index (χ4n) is 3.09. The number of hydrogen-bond donors (Lipinski definition) is 2. The van der Waals surface area contributed by atoms with Gasteiger partial charge in [0.15, 0.2) is 0 Å². The number of nitrogens with one attached hydrogen (secondary N) is 1. The van der Waals surface area contributed by atoms with Crippen molar-refractivity contribution < 1.29 is 5.11 Å². The van der Waals surface area contributed by atoms with Gasteiger partial charge in [-0.2, -0.15) is 0 Å². The molecule has 1 fully saturated rings. The summed E-state index contributed by atoms with van der Waals surface area (Å²) in [5, 5.41) is 12.8. The van der Waals surface area contributed by atoms with Crippen molar-refractivity contribution in [1.82, 2.24) is 14.7 Å². The smallest absolute Gasteiger partial charge is 0.117 e. The van der Waals surface area contributed by atoms with Gasteiger partial charge in [-0.1, -0.05) is 12.1 Å². The predicted molar refractivity (Wildman–Crippen MR) is 91.2 cm³/mol. The molecule has 5 nitrogen and oxygen atoms in total. The van der Waals surface area contributed by atoms with E-state index < -0.39 is 0 Å². The van der Waals surface area contributed by atoms with Gasteiger partial charge in [-0.25, -0.2) is 4.98 Å². The Morgan fingerprint density at radius 1 is 1.09 bits per heavy atom. The first kappa shape index (κ1) is 14.1. The Bertz CT molecular complexity index is 804. The summed E-state index contributed by atoms with van der Waals surface area (Å²) in [5.74, 6) is 1.31. The van der Waals surface area contributed by atoms with Crippen LogP contribution in [0, 0.1) is 0 Å². The predicted octanol–water partition coefficient (Wildman–Crippen LogP) is 2.04. The quantitative estimate of drug-likeness (QED) is 0.777. The van der Waals surface area contributed by atoms with Gasteiger partial charge >= 0.3 is 0 Å². The van der Waals surface area contributed by atoms with E-state index in [2.05, 4.69) is 37.9 Å². The largest absolute Gasteiger partial charge is 0.508 e. The van der Waals surface area contributed by atoms with Gasteiger partial charge in [-0.3, -0.25) is 0 Å². The standard InChI is InChI=1S/C18H20N4O/c23-17-3-1-14(2-4-17)11-18-20-13-16-12-15(5-8-22(16)18)21-9-6-19-7-10-21/h1-5,8,12-13,19,23H,6-7,9-11H2. The number of imidazole rings is 1. The van der Waals surface area contributed by atoms with Crippen molar-refractivity contribution in [2.75, 3.05) is 31.1 Å². The lowest BCUT2D eigenvalue weighted by Gasteiger charge is -2.29. The van der Waals surface area contributed by atoms with Gasteiger partial charge in [0, 0.05) is 44.5 Å². The molecule has 0 spiro atoms. The number of rotatable bonds is 3. The van der Waals surface area contributed by atoms with E-state index >= 15 is 0 Å². The molecule has 3 heterocycles. The van der Waals surface area contributed by atoms with Gasteiger partial charge in [-0.15, -0.1) is 0 Å². The fraction of sp³-hybridized carbons (Fsp3) is 0.278. The van der Waals surface area contributed by atoms with Crippen LogP contribution < -0.4 is 10.2 Å². The number of hydrogen-bond acceptors (Lipinski definition) is 4. The lowest BCUT2D eigenvalue weighted by Crippen LogP contribution is -2.43. The third-order valence-electron chi connectivity index (χ3n) is 4.37. The summed E-state index contributed by atoms with van der Waals surface area (Å²) in [6, 6.07) is 11.7. The number of aromatic nitrogens is 2. The second-order valence-electron chi connectivity index (χ2n) is 5.93. The molecule has 0 radical (unpaired) electrons. The normalized spacial score (nSPS) is 15.2. The summed E-state index contributed by atoms with van der Waals surface area (Å²) in [6.07, 6.45) is 4.79. The van der Waals surface area contributed by atoms with Crippen LogP contribution >= 0.6 is 0 Å². The fourth-order valence-corrected chi connectivity index (χ4v) is 3.09. The molecule has 23 heavy (non-hydrogen) atoms. The van der Waals surface area contributed by atoms with Crippen LogP contribution in [0.5, 0.6) is 5.75 Å². The minimum Gasteiger partial charge on any atom is -0.508 e. The molecule has 3 aromatic rings. The lowest BCUT2D eigenvalue weighted by atomic mass is 10.1. The average molecular weight is 308 g/mol. The van der Waals surface area contributed by atoms with Gasteiger partial charge in [0.2, 0.25) is 0 Å². The zero-order valence-corrected chi connectivity index (χ0v) is 12.9. The third-order valence-corrected chi connectivity index (χ3v) is 4.37. The molecule has 5 heteroatoms. The Balaban J connectivity index is 1.60. The third kappa shape index (κ3) is 2.87. The zero-order valence-electron chi connectivity index (χ0n) is 12.9. The number of phenols is 1. The maximum Gasteiger partial charge on any atom is 0.117 e. The second-order valence-corrected chi connectivity index (χ2v) is 5.93. The highest BCUT2D eigenvalue weighted by molar-refractivity contribution is 5.60. The van der Waals surface area contributed by atoms with Crippen molar-refractivity contribution in [2.45, 2.75) is 6.42 Å². The summed E-state index contributed by atoms with van der Waals surface area (Å²) < 4.78 is 2.14. The lowest BCUT2D eigenvalue weighted by molar-refractivity contribution is 0.475. The van der Waals surface area contributed by atoms with Crippen molar-refractivity contribution in [2.24, 2.45) is 0 Å². The average Bonchev–Trinajstić information content (AvgIpc) is 3.00.